The number of aryl methyl sites for hydroxylation is 1. The van der Waals surface area contributed by atoms with Gasteiger partial charge in [-0.1, -0.05) is 11.3 Å². The average molecular weight is 189 g/mol. The molecule has 13 heavy (non-hydrogen) atoms. The van der Waals surface area contributed by atoms with Gasteiger partial charge >= 0.3 is 0 Å². The molecule has 0 aliphatic carbocycles. The molecule has 2 aromatic rings. The number of nitrogen functional groups attached to an aromatic ring is 1. The van der Waals surface area contributed by atoms with Gasteiger partial charge in [0.1, 0.15) is 15.9 Å². The molecule has 0 saturated heterocycles. The summed E-state index contributed by atoms with van der Waals surface area (Å²) in [5.74, 6) is 0. The lowest BCUT2D eigenvalue weighted by Crippen LogP contribution is -1.82. The van der Waals surface area contributed by atoms with Gasteiger partial charge in [0, 0.05) is 11.1 Å². The molecule has 3 nitrogen and oxygen atoms in total. The summed E-state index contributed by atoms with van der Waals surface area (Å²) >= 11 is 1.36. The van der Waals surface area contributed by atoms with Crippen molar-refractivity contribution in [1.82, 2.24) is 4.98 Å². The molecule has 2 N–H and O–H groups in total. The number of thiophene rings is 1. The zero-order valence-electron chi connectivity index (χ0n) is 7.03. The number of aromatic nitrogens is 1. The van der Waals surface area contributed by atoms with Crippen LogP contribution in [0.4, 0.5) is 5.00 Å². The molecular weight excluding hydrogens is 182 g/mol. The number of pyridine rings is 1. The van der Waals surface area contributed by atoms with Crippen molar-refractivity contribution in [3.05, 3.63) is 23.4 Å². The molecule has 0 fully saturated rings. The minimum absolute atomic E-state index is 0.549. The lowest BCUT2D eigenvalue weighted by atomic mass is 10.2. The smallest absolute Gasteiger partial charge is 0.126 e. The Balaban J connectivity index is 2.88. The Labute approximate surface area is 79.4 Å². The van der Waals surface area contributed by atoms with Crippen LogP contribution < -0.4 is 5.73 Å². The number of nitrogens with two attached hydrogens (primary N) is 1. The van der Waals surface area contributed by atoms with Crippen molar-refractivity contribution in [3.8, 4) is 6.07 Å². The molecule has 0 bridgehead atoms. The molecule has 0 amide bonds. The molecule has 0 radical (unpaired) electrons. The quantitative estimate of drug-likeness (QED) is 0.690. The average Bonchev–Trinajstić information content (AvgIpc) is 2.39. The number of fused-ring (bicyclic) bond motifs is 1. The van der Waals surface area contributed by atoms with E-state index in [1.54, 1.807) is 0 Å². The SMILES string of the molecule is Cc1ccc2c(C#N)c(N)sc2n1. The summed E-state index contributed by atoms with van der Waals surface area (Å²) < 4.78 is 0. The molecule has 2 heterocycles. The number of hydrogen-bond acceptors (Lipinski definition) is 4. The normalized spacial score (nSPS) is 10.2. The van der Waals surface area contributed by atoms with Gasteiger partial charge in [0.15, 0.2) is 0 Å². The number of rotatable bonds is 0. The lowest BCUT2D eigenvalue weighted by molar-refractivity contribution is 1.27. The van der Waals surface area contributed by atoms with Crippen LogP contribution in [0.25, 0.3) is 10.2 Å². The number of anilines is 1. The van der Waals surface area contributed by atoms with Gasteiger partial charge in [-0.25, -0.2) is 4.98 Å². The van der Waals surface area contributed by atoms with Crippen LogP contribution in [0.3, 0.4) is 0 Å². The monoisotopic (exact) mass is 189 g/mol. The predicted molar refractivity (Wildman–Crippen MR) is 53.5 cm³/mol. The van der Waals surface area contributed by atoms with Crippen LogP contribution >= 0.6 is 11.3 Å². The van der Waals surface area contributed by atoms with E-state index >= 15 is 0 Å². The Hall–Kier alpha value is -1.60. The summed E-state index contributed by atoms with van der Waals surface area (Å²) in [5, 5.41) is 10.2. The molecule has 0 unspecified atom stereocenters. The number of nitrogens with zero attached hydrogens (tertiary/aromatic N) is 2. The van der Waals surface area contributed by atoms with Crippen molar-refractivity contribution >= 4 is 26.6 Å². The molecule has 4 heteroatoms. The predicted octanol–water partition coefficient (Wildman–Crippen LogP) is 2.06. The fraction of sp³-hybridized carbons (Fsp3) is 0.111. The van der Waals surface area contributed by atoms with Gasteiger partial charge in [-0.3, -0.25) is 0 Å². The van der Waals surface area contributed by atoms with E-state index in [-0.39, 0.29) is 0 Å². The minimum Gasteiger partial charge on any atom is -0.389 e. The maximum atomic E-state index is 8.82. The summed E-state index contributed by atoms with van der Waals surface area (Å²) in [6.07, 6.45) is 0. The van der Waals surface area contributed by atoms with Gasteiger partial charge in [-0.05, 0) is 19.1 Å². The van der Waals surface area contributed by atoms with Crippen molar-refractivity contribution in [2.45, 2.75) is 6.92 Å². The topological polar surface area (TPSA) is 62.7 Å². The zero-order chi connectivity index (χ0) is 9.42. The molecular formula is C9H7N3S. The van der Waals surface area contributed by atoms with Gasteiger partial charge in [0.05, 0.1) is 5.56 Å². The van der Waals surface area contributed by atoms with E-state index in [1.165, 1.54) is 11.3 Å². The molecule has 0 spiro atoms. The van der Waals surface area contributed by atoms with Gasteiger partial charge in [-0.2, -0.15) is 5.26 Å². The van der Waals surface area contributed by atoms with E-state index in [0.717, 1.165) is 15.9 Å². The van der Waals surface area contributed by atoms with Crippen LogP contribution in [0.15, 0.2) is 12.1 Å². The van der Waals surface area contributed by atoms with Gasteiger partial charge in [0.2, 0.25) is 0 Å². The highest BCUT2D eigenvalue weighted by Gasteiger charge is 2.09. The number of nitriles is 1. The van der Waals surface area contributed by atoms with E-state index in [1.807, 2.05) is 19.1 Å². The van der Waals surface area contributed by atoms with E-state index in [0.29, 0.717) is 10.6 Å². The highest BCUT2D eigenvalue weighted by molar-refractivity contribution is 7.22. The van der Waals surface area contributed by atoms with E-state index in [9.17, 15) is 0 Å². The lowest BCUT2D eigenvalue weighted by Gasteiger charge is -1.90. The summed E-state index contributed by atoms with van der Waals surface area (Å²) in [6.45, 7) is 1.92. The Morgan fingerprint density at radius 3 is 3.00 bits per heavy atom. The maximum Gasteiger partial charge on any atom is 0.126 e. The molecule has 0 aliphatic rings. The van der Waals surface area contributed by atoms with Gasteiger partial charge in [0.25, 0.3) is 0 Å². The summed E-state index contributed by atoms with van der Waals surface area (Å²) in [6, 6.07) is 5.86. The molecule has 0 aromatic carbocycles. The highest BCUT2D eigenvalue weighted by Crippen LogP contribution is 2.31. The van der Waals surface area contributed by atoms with Gasteiger partial charge < -0.3 is 5.73 Å². The van der Waals surface area contributed by atoms with Crippen LogP contribution in [0.2, 0.25) is 0 Å². The fourth-order valence-electron chi connectivity index (χ4n) is 1.20. The van der Waals surface area contributed by atoms with Crippen molar-refractivity contribution in [2.75, 3.05) is 5.73 Å². The maximum absolute atomic E-state index is 8.82. The first-order chi connectivity index (χ1) is 6.22. The highest BCUT2D eigenvalue weighted by atomic mass is 32.1. The second-order valence-electron chi connectivity index (χ2n) is 2.76. The van der Waals surface area contributed by atoms with Crippen LogP contribution in [0.5, 0.6) is 0 Å². The fourth-order valence-corrected chi connectivity index (χ4v) is 2.14. The Morgan fingerprint density at radius 1 is 1.54 bits per heavy atom. The van der Waals surface area contributed by atoms with E-state index in [2.05, 4.69) is 11.1 Å². The van der Waals surface area contributed by atoms with Crippen molar-refractivity contribution in [1.29, 1.82) is 5.26 Å². The molecule has 2 aromatic heterocycles. The Morgan fingerprint density at radius 2 is 2.31 bits per heavy atom. The summed E-state index contributed by atoms with van der Waals surface area (Å²) in [4.78, 5) is 5.13. The minimum atomic E-state index is 0.549. The molecule has 0 atom stereocenters. The summed E-state index contributed by atoms with van der Waals surface area (Å²) in [7, 11) is 0. The van der Waals surface area contributed by atoms with Crippen LogP contribution in [0, 0.1) is 18.3 Å². The molecule has 64 valence electrons. The van der Waals surface area contributed by atoms with Crippen molar-refractivity contribution in [2.24, 2.45) is 0 Å². The first-order valence-electron chi connectivity index (χ1n) is 3.78. The van der Waals surface area contributed by atoms with Crippen LogP contribution in [-0.4, -0.2) is 4.98 Å². The third-order valence-corrected chi connectivity index (χ3v) is 2.76. The van der Waals surface area contributed by atoms with Crippen LogP contribution in [-0.2, 0) is 0 Å². The van der Waals surface area contributed by atoms with Crippen molar-refractivity contribution in [3.63, 3.8) is 0 Å². The molecule has 0 saturated carbocycles. The van der Waals surface area contributed by atoms with Crippen molar-refractivity contribution < 1.29 is 0 Å². The number of hydrogen-bond donors (Lipinski definition) is 1. The molecule has 0 aliphatic heterocycles. The first-order valence-corrected chi connectivity index (χ1v) is 4.59. The second kappa shape index (κ2) is 2.71. The standard InChI is InChI=1S/C9H7N3S/c1-5-2-3-6-7(4-10)8(11)13-9(6)12-5/h2-3H,11H2,1H3. The Kier molecular flexibility index (Phi) is 1.67. The first kappa shape index (κ1) is 8.02. The van der Waals surface area contributed by atoms with E-state index in [4.69, 9.17) is 11.0 Å². The summed E-state index contributed by atoms with van der Waals surface area (Å²) in [5.41, 5.74) is 7.16. The Bertz CT molecular complexity index is 507. The second-order valence-corrected chi connectivity index (χ2v) is 3.79. The largest absolute Gasteiger partial charge is 0.389 e. The third kappa shape index (κ3) is 1.14. The zero-order valence-corrected chi connectivity index (χ0v) is 7.85. The third-order valence-electron chi connectivity index (χ3n) is 1.83. The van der Waals surface area contributed by atoms with Gasteiger partial charge in [-0.15, -0.1) is 0 Å². The van der Waals surface area contributed by atoms with Crippen LogP contribution in [0.1, 0.15) is 11.3 Å². The molecule has 2 rings (SSSR count). The van der Waals surface area contributed by atoms with E-state index < -0.39 is 0 Å².